The number of fused-ring (bicyclic) bond motifs is 2. The molecule has 0 unspecified atom stereocenters. The van der Waals surface area contributed by atoms with E-state index < -0.39 is 0 Å². The quantitative estimate of drug-likeness (QED) is 0.702. The van der Waals surface area contributed by atoms with E-state index in [-0.39, 0.29) is 23.7 Å². The minimum Gasteiger partial charge on any atom is -0.328 e. The van der Waals surface area contributed by atoms with Crippen LogP contribution in [0.5, 0.6) is 0 Å². The number of thiophene rings is 1. The minimum absolute atomic E-state index is 0.0888. The molecule has 3 heterocycles. The third-order valence-corrected chi connectivity index (χ3v) is 6.70. The lowest BCUT2D eigenvalue weighted by Crippen LogP contribution is -2.39. The molecular formula is C22H22N4OS. The number of carbonyl (C=O) groups excluding carboxylic acids is 1. The Labute approximate surface area is 168 Å². The van der Waals surface area contributed by atoms with Gasteiger partial charge in [0.2, 0.25) is 5.95 Å². The first kappa shape index (κ1) is 17.4. The Morgan fingerprint density at radius 1 is 1.21 bits per heavy atom. The van der Waals surface area contributed by atoms with Crippen LogP contribution in [0.4, 0.5) is 5.95 Å². The van der Waals surface area contributed by atoms with E-state index in [4.69, 9.17) is 0 Å². The van der Waals surface area contributed by atoms with Crippen LogP contribution in [0.2, 0.25) is 0 Å². The van der Waals surface area contributed by atoms with E-state index in [9.17, 15) is 4.79 Å². The molecule has 5 nitrogen and oxygen atoms in total. The molecular weight excluding hydrogens is 368 g/mol. The highest BCUT2D eigenvalue weighted by atomic mass is 32.1. The van der Waals surface area contributed by atoms with E-state index in [0.717, 1.165) is 10.6 Å². The Morgan fingerprint density at radius 3 is 2.75 bits per heavy atom. The SMILES string of the molecule is CC(C)c1ccc([C@@H]2C=C3Nc4ncnn4[C@H](c4cccs4)[C@H]3C(=O)C2)cc1. The summed E-state index contributed by atoms with van der Waals surface area (Å²) < 4.78 is 1.85. The van der Waals surface area contributed by atoms with Crippen molar-refractivity contribution < 1.29 is 4.79 Å². The fourth-order valence-corrected chi connectivity index (χ4v) is 5.11. The topological polar surface area (TPSA) is 59.8 Å². The second kappa shape index (κ2) is 6.71. The second-order valence-electron chi connectivity index (χ2n) is 7.81. The average molecular weight is 391 g/mol. The molecule has 1 N–H and O–H groups in total. The van der Waals surface area contributed by atoms with Gasteiger partial charge in [-0.2, -0.15) is 10.1 Å². The molecule has 3 aromatic rings. The molecule has 3 atom stereocenters. The van der Waals surface area contributed by atoms with Crippen LogP contribution in [0, 0.1) is 5.92 Å². The summed E-state index contributed by atoms with van der Waals surface area (Å²) in [5.41, 5.74) is 3.45. The number of benzene rings is 1. The van der Waals surface area contributed by atoms with Gasteiger partial charge in [-0.25, -0.2) is 4.68 Å². The van der Waals surface area contributed by atoms with Crippen molar-refractivity contribution in [3.05, 3.63) is 75.9 Å². The molecule has 142 valence electrons. The zero-order valence-corrected chi connectivity index (χ0v) is 16.7. The maximum absolute atomic E-state index is 13.3. The van der Waals surface area contributed by atoms with Gasteiger partial charge in [0, 0.05) is 22.9 Å². The Hall–Kier alpha value is -2.73. The first-order valence-electron chi connectivity index (χ1n) is 9.66. The maximum Gasteiger partial charge on any atom is 0.226 e. The Kier molecular flexibility index (Phi) is 4.16. The number of Topliss-reactive ketones (excluding diaryl/α,β-unsaturated/α-hetero) is 1. The lowest BCUT2D eigenvalue weighted by atomic mass is 9.77. The monoisotopic (exact) mass is 390 g/mol. The third-order valence-electron chi connectivity index (χ3n) is 5.76. The normalized spacial score (nSPS) is 23.8. The molecule has 2 aromatic heterocycles. The van der Waals surface area contributed by atoms with Gasteiger partial charge >= 0.3 is 0 Å². The summed E-state index contributed by atoms with van der Waals surface area (Å²) in [4.78, 5) is 18.8. The van der Waals surface area contributed by atoms with E-state index in [1.807, 2.05) is 16.1 Å². The minimum atomic E-state index is -0.237. The first-order chi connectivity index (χ1) is 13.6. The van der Waals surface area contributed by atoms with Crippen LogP contribution in [-0.4, -0.2) is 20.5 Å². The summed E-state index contributed by atoms with van der Waals surface area (Å²) in [6.45, 7) is 4.39. The number of aromatic nitrogens is 3. The highest BCUT2D eigenvalue weighted by Gasteiger charge is 2.43. The number of nitrogens with zero attached hydrogens (tertiary/aromatic N) is 3. The van der Waals surface area contributed by atoms with Gasteiger partial charge in [0.25, 0.3) is 0 Å². The van der Waals surface area contributed by atoms with Crippen molar-refractivity contribution in [3.63, 3.8) is 0 Å². The molecule has 0 spiro atoms. The van der Waals surface area contributed by atoms with E-state index in [1.165, 1.54) is 11.1 Å². The van der Waals surface area contributed by atoms with Crippen LogP contribution in [0.1, 0.15) is 54.1 Å². The van der Waals surface area contributed by atoms with E-state index in [0.29, 0.717) is 18.3 Å². The second-order valence-corrected chi connectivity index (χ2v) is 8.79. The molecule has 1 aliphatic carbocycles. The summed E-state index contributed by atoms with van der Waals surface area (Å²) in [6.07, 6.45) is 4.28. The number of hydrogen-bond acceptors (Lipinski definition) is 5. The first-order valence-corrected chi connectivity index (χ1v) is 10.5. The zero-order chi connectivity index (χ0) is 19.3. The molecule has 5 rings (SSSR count). The van der Waals surface area contributed by atoms with Crippen molar-refractivity contribution in [2.45, 2.75) is 38.1 Å². The summed E-state index contributed by atoms with van der Waals surface area (Å²) >= 11 is 1.66. The molecule has 28 heavy (non-hydrogen) atoms. The number of carbonyl (C=O) groups is 1. The van der Waals surface area contributed by atoms with Gasteiger partial charge in [0.05, 0.1) is 5.92 Å². The number of rotatable bonds is 3. The van der Waals surface area contributed by atoms with Gasteiger partial charge in [0.15, 0.2) is 0 Å². The number of anilines is 1. The van der Waals surface area contributed by atoms with Crippen molar-refractivity contribution in [2.24, 2.45) is 5.92 Å². The summed E-state index contributed by atoms with van der Waals surface area (Å²) in [6, 6.07) is 12.6. The lowest BCUT2D eigenvalue weighted by Gasteiger charge is -2.37. The van der Waals surface area contributed by atoms with Gasteiger partial charge < -0.3 is 5.32 Å². The van der Waals surface area contributed by atoms with Crippen LogP contribution in [0.25, 0.3) is 0 Å². The number of ketones is 1. The largest absolute Gasteiger partial charge is 0.328 e. The van der Waals surface area contributed by atoms with Gasteiger partial charge in [-0.3, -0.25) is 4.79 Å². The van der Waals surface area contributed by atoms with Gasteiger partial charge in [-0.05, 0) is 28.5 Å². The highest BCUT2D eigenvalue weighted by molar-refractivity contribution is 7.10. The number of allylic oxidation sites excluding steroid dienone is 2. The van der Waals surface area contributed by atoms with Crippen LogP contribution < -0.4 is 5.32 Å². The Morgan fingerprint density at radius 2 is 2.04 bits per heavy atom. The van der Waals surface area contributed by atoms with Crippen LogP contribution in [-0.2, 0) is 4.79 Å². The van der Waals surface area contributed by atoms with Crippen molar-refractivity contribution >= 4 is 23.1 Å². The summed E-state index contributed by atoms with van der Waals surface area (Å²) in [5.74, 6) is 1.31. The standard InChI is InChI=1S/C22H22N4OS/c1-13(2)14-5-7-15(8-6-14)16-10-17-20(18(27)11-16)21(19-4-3-9-28-19)26-22(25-17)23-12-24-26/h3-10,12-13,16,20-21H,11H2,1-2H3,(H,23,24,25)/t16-,20-,21-/m1/s1. The molecule has 0 bridgehead atoms. The predicted octanol–water partition coefficient (Wildman–Crippen LogP) is 4.73. The number of nitrogens with one attached hydrogen (secondary N) is 1. The zero-order valence-electron chi connectivity index (χ0n) is 15.9. The highest BCUT2D eigenvalue weighted by Crippen LogP contribution is 2.45. The van der Waals surface area contributed by atoms with Gasteiger partial charge in [-0.1, -0.05) is 50.3 Å². The molecule has 0 saturated heterocycles. The van der Waals surface area contributed by atoms with Gasteiger partial charge in [-0.15, -0.1) is 11.3 Å². The van der Waals surface area contributed by atoms with Crippen molar-refractivity contribution in [1.82, 2.24) is 14.8 Å². The summed E-state index contributed by atoms with van der Waals surface area (Å²) in [7, 11) is 0. The maximum atomic E-state index is 13.3. The van der Waals surface area contributed by atoms with Crippen LogP contribution >= 0.6 is 11.3 Å². The predicted molar refractivity (Wildman–Crippen MR) is 111 cm³/mol. The molecule has 0 radical (unpaired) electrons. The van der Waals surface area contributed by atoms with Crippen molar-refractivity contribution in [3.8, 4) is 0 Å². The fraction of sp³-hybridized carbons (Fsp3) is 0.318. The molecule has 6 heteroatoms. The average Bonchev–Trinajstić information content (AvgIpc) is 3.38. The van der Waals surface area contributed by atoms with E-state index in [1.54, 1.807) is 17.7 Å². The number of hydrogen-bond donors (Lipinski definition) is 1. The molecule has 0 amide bonds. The lowest BCUT2D eigenvalue weighted by molar-refractivity contribution is -0.123. The van der Waals surface area contributed by atoms with Gasteiger partial charge in [0.1, 0.15) is 18.2 Å². The Bertz CT molecular complexity index is 1030. The Balaban J connectivity index is 1.55. The fourth-order valence-electron chi connectivity index (χ4n) is 4.26. The van der Waals surface area contributed by atoms with Crippen LogP contribution in [0.3, 0.4) is 0 Å². The molecule has 0 fully saturated rings. The third kappa shape index (κ3) is 2.79. The molecule has 0 saturated carbocycles. The van der Waals surface area contributed by atoms with Crippen molar-refractivity contribution in [2.75, 3.05) is 5.32 Å². The summed E-state index contributed by atoms with van der Waals surface area (Å²) in [5, 5.41) is 9.80. The van der Waals surface area contributed by atoms with E-state index in [2.05, 4.69) is 65.7 Å². The molecule has 1 aliphatic heterocycles. The molecule has 2 aliphatic rings. The van der Waals surface area contributed by atoms with E-state index >= 15 is 0 Å². The smallest absolute Gasteiger partial charge is 0.226 e. The molecule has 1 aromatic carbocycles. The van der Waals surface area contributed by atoms with Crippen LogP contribution in [0.15, 0.2) is 59.9 Å². The van der Waals surface area contributed by atoms with Crippen molar-refractivity contribution in [1.29, 1.82) is 0 Å².